The predicted octanol–water partition coefficient (Wildman–Crippen LogP) is 3.04. The van der Waals surface area contributed by atoms with Crippen LogP contribution in [0.4, 0.5) is 5.69 Å². The van der Waals surface area contributed by atoms with Crippen molar-refractivity contribution in [2.24, 2.45) is 5.92 Å². The van der Waals surface area contributed by atoms with Gasteiger partial charge < -0.3 is 10.4 Å². The molecule has 5 heteroatoms. The maximum atomic E-state index is 12.2. The van der Waals surface area contributed by atoms with E-state index in [1.807, 2.05) is 36.9 Å². The predicted molar refractivity (Wildman–Crippen MR) is 86.6 cm³/mol. The highest BCUT2D eigenvalue weighted by molar-refractivity contribution is 7.99. The Hall–Kier alpha value is -1.75. The lowest BCUT2D eigenvalue weighted by Crippen LogP contribution is -2.23. The lowest BCUT2D eigenvalue weighted by molar-refractivity contribution is -0.131. The molecule has 0 bridgehead atoms. The van der Waals surface area contributed by atoms with E-state index in [4.69, 9.17) is 5.11 Å². The molecule has 1 aliphatic rings. The molecular formula is C16H19NO3S. The Labute approximate surface area is 128 Å². The number of carboxylic acid groups (broad SMARTS) is 1. The highest BCUT2D eigenvalue weighted by atomic mass is 32.2. The van der Waals surface area contributed by atoms with Gasteiger partial charge in [0.15, 0.2) is 0 Å². The van der Waals surface area contributed by atoms with Gasteiger partial charge in [-0.3, -0.25) is 4.79 Å². The average molecular weight is 305 g/mol. The Morgan fingerprint density at radius 3 is 2.90 bits per heavy atom. The molecule has 21 heavy (non-hydrogen) atoms. The monoisotopic (exact) mass is 305 g/mol. The first-order valence-electron chi connectivity index (χ1n) is 7.02. The minimum atomic E-state index is -0.968. The summed E-state index contributed by atoms with van der Waals surface area (Å²) in [7, 11) is 0. The van der Waals surface area contributed by atoms with Crippen LogP contribution in [0.2, 0.25) is 0 Å². The molecule has 1 unspecified atom stereocenters. The Kier molecular flexibility index (Phi) is 5.44. The molecule has 0 saturated carbocycles. The van der Waals surface area contributed by atoms with Crippen LogP contribution in [0.5, 0.6) is 0 Å². The number of rotatable bonds is 5. The molecule has 0 aromatic heterocycles. The van der Waals surface area contributed by atoms with E-state index < -0.39 is 5.97 Å². The van der Waals surface area contributed by atoms with Gasteiger partial charge in [-0.2, -0.15) is 11.8 Å². The summed E-state index contributed by atoms with van der Waals surface area (Å²) >= 11 is 1.82. The van der Waals surface area contributed by atoms with Gasteiger partial charge in [0.05, 0.1) is 0 Å². The molecule has 1 saturated heterocycles. The molecule has 1 amide bonds. The molecule has 1 heterocycles. The lowest BCUT2D eigenvalue weighted by Gasteiger charge is -2.13. The van der Waals surface area contributed by atoms with Crippen LogP contribution in [0, 0.1) is 5.92 Å². The van der Waals surface area contributed by atoms with Crippen LogP contribution in [0.15, 0.2) is 24.3 Å². The standard InChI is InChI=1S/C16H19NO3S/c1-2-12-9-11(4-6-15(18)19)3-5-14(12)17-16(20)13-7-8-21-10-13/h3-6,9,13H,2,7-8,10H2,1H3,(H,17,20)(H,18,19)/b6-4+. The number of amides is 1. The first-order valence-corrected chi connectivity index (χ1v) is 8.18. The fraction of sp³-hybridized carbons (Fsp3) is 0.375. The van der Waals surface area contributed by atoms with Crippen molar-refractivity contribution in [1.29, 1.82) is 0 Å². The van der Waals surface area contributed by atoms with E-state index in [0.29, 0.717) is 0 Å². The molecule has 0 spiro atoms. The summed E-state index contributed by atoms with van der Waals surface area (Å²) < 4.78 is 0. The van der Waals surface area contributed by atoms with Gasteiger partial charge in [-0.15, -0.1) is 0 Å². The number of aliphatic carboxylic acids is 1. The Morgan fingerprint density at radius 2 is 2.29 bits per heavy atom. The van der Waals surface area contributed by atoms with Gasteiger partial charge in [-0.1, -0.05) is 13.0 Å². The highest BCUT2D eigenvalue weighted by Gasteiger charge is 2.23. The maximum absolute atomic E-state index is 12.2. The fourth-order valence-electron chi connectivity index (χ4n) is 2.28. The Bertz CT molecular complexity index is 563. The van der Waals surface area contributed by atoms with Crippen molar-refractivity contribution < 1.29 is 14.7 Å². The van der Waals surface area contributed by atoms with Crippen LogP contribution in [0.1, 0.15) is 24.5 Å². The molecule has 1 aliphatic heterocycles. The zero-order valence-electron chi connectivity index (χ0n) is 12.0. The smallest absolute Gasteiger partial charge is 0.328 e. The van der Waals surface area contributed by atoms with E-state index in [1.165, 1.54) is 0 Å². The van der Waals surface area contributed by atoms with E-state index in [0.717, 1.165) is 47.2 Å². The van der Waals surface area contributed by atoms with E-state index >= 15 is 0 Å². The minimum Gasteiger partial charge on any atom is -0.478 e. The van der Waals surface area contributed by atoms with Crippen molar-refractivity contribution in [3.8, 4) is 0 Å². The van der Waals surface area contributed by atoms with Crippen LogP contribution in [-0.2, 0) is 16.0 Å². The van der Waals surface area contributed by atoms with Gasteiger partial charge >= 0.3 is 5.97 Å². The van der Waals surface area contributed by atoms with Gasteiger partial charge in [0, 0.05) is 23.4 Å². The number of hydrogen-bond donors (Lipinski definition) is 2. The number of hydrogen-bond acceptors (Lipinski definition) is 3. The third-order valence-corrected chi connectivity index (χ3v) is 4.65. The summed E-state index contributed by atoms with van der Waals surface area (Å²) in [6.45, 7) is 2.01. The quantitative estimate of drug-likeness (QED) is 0.821. The van der Waals surface area contributed by atoms with Crippen molar-refractivity contribution in [2.75, 3.05) is 16.8 Å². The van der Waals surface area contributed by atoms with Crippen molar-refractivity contribution in [2.45, 2.75) is 19.8 Å². The second kappa shape index (κ2) is 7.31. The summed E-state index contributed by atoms with van der Waals surface area (Å²) in [6, 6.07) is 5.58. The second-order valence-electron chi connectivity index (χ2n) is 4.99. The molecule has 2 N–H and O–H groups in total. The molecule has 1 aromatic carbocycles. The molecule has 1 aromatic rings. The lowest BCUT2D eigenvalue weighted by atomic mass is 10.0. The molecule has 2 rings (SSSR count). The summed E-state index contributed by atoms with van der Waals surface area (Å²) in [5.74, 6) is 1.17. The van der Waals surface area contributed by atoms with Gasteiger partial charge in [0.1, 0.15) is 0 Å². The normalized spacial score (nSPS) is 18.0. The average Bonchev–Trinajstić information content (AvgIpc) is 3.00. The molecule has 112 valence electrons. The highest BCUT2D eigenvalue weighted by Crippen LogP contribution is 2.26. The van der Waals surface area contributed by atoms with Crippen molar-refractivity contribution >= 4 is 35.4 Å². The molecule has 1 fully saturated rings. The van der Waals surface area contributed by atoms with Crippen molar-refractivity contribution in [3.05, 3.63) is 35.4 Å². The number of carboxylic acids is 1. The van der Waals surface area contributed by atoms with E-state index in [1.54, 1.807) is 6.08 Å². The maximum Gasteiger partial charge on any atom is 0.328 e. The van der Waals surface area contributed by atoms with Crippen LogP contribution >= 0.6 is 11.8 Å². The molecule has 0 aliphatic carbocycles. The SMILES string of the molecule is CCc1cc(/C=C/C(=O)O)ccc1NC(=O)C1CCSC1. The van der Waals surface area contributed by atoms with Crippen molar-refractivity contribution in [3.63, 3.8) is 0 Å². The van der Waals surface area contributed by atoms with Crippen LogP contribution < -0.4 is 5.32 Å². The Morgan fingerprint density at radius 1 is 1.48 bits per heavy atom. The van der Waals surface area contributed by atoms with Crippen molar-refractivity contribution in [1.82, 2.24) is 0 Å². The van der Waals surface area contributed by atoms with Crippen LogP contribution in [0.3, 0.4) is 0 Å². The second-order valence-corrected chi connectivity index (χ2v) is 6.14. The summed E-state index contributed by atoms with van der Waals surface area (Å²) in [6.07, 6.45) is 4.39. The largest absolute Gasteiger partial charge is 0.478 e. The van der Waals surface area contributed by atoms with Crippen LogP contribution in [-0.4, -0.2) is 28.5 Å². The van der Waals surface area contributed by atoms with Crippen LogP contribution in [0.25, 0.3) is 6.08 Å². The number of anilines is 1. The summed E-state index contributed by atoms with van der Waals surface area (Å²) in [5, 5.41) is 11.7. The molecule has 0 radical (unpaired) electrons. The topological polar surface area (TPSA) is 66.4 Å². The van der Waals surface area contributed by atoms with E-state index in [9.17, 15) is 9.59 Å². The van der Waals surface area contributed by atoms with E-state index in [2.05, 4.69) is 5.32 Å². The van der Waals surface area contributed by atoms with Gasteiger partial charge in [0.2, 0.25) is 5.91 Å². The fourth-order valence-corrected chi connectivity index (χ4v) is 3.50. The number of aryl methyl sites for hydroxylation is 1. The number of benzene rings is 1. The molecule has 1 atom stereocenters. The van der Waals surface area contributed by atoms with E-state index in [-0.39, 0.29) is 11.8 Å². The third-order valence-electron chi connectivity index (χ3n) is 3.49. The zero-order valence-corrected chi connectivity index (χ0v) is 12.8. The first kappa shape index (κ1) is 15.6. The number of carbonyl (C=O) groups is 2. The van der Waals surface area contributed by atoms with Gasteiger partial charge in [0.25, 0.3) is 0 Å². The number of carbonyl (C=O) groups excluding carboxylic acids is 1. The Balaban J connectivity index is 2.12. The molecule has 4 nitrogen and oxygen atoms in total. The third kappa shape index (κ3) is 4.36. The number of nitrogens with one attached hydrogen (secondary N) is 1. The first-order chi connectivity index (χ1) is 10.1. The zero-order chi connectivity index (χ0) is 15.2. The summed E-state index contributed by atoms with van der Waals surface area (Å²) in [4.78, 5) is 22.7. The summed E-state index contributed by atoms with van der Waals surface area (Å²) in [5.41, 5.74) is 2.66. The van der Waals surface area contributed by atoms with Gasteiger partial charge in [-0.05, 0) is 47.9 Å². The molecular weight excluding hydrogens is 286 g/mol. The van der Waals surface area contributed by atoms with Gasteiger partial charge in [-0.25, -0.2) is 4.79 Å². The minimum absolute atomic E-state index is 0.0866. The number of thioether (sulfide) groups is 1.